The maximum absolute atomic E-state index is 13.8. The zero-order chi connectivity index (χ0) is 24.4. The summed E-state index contributed by atoms with van der Waals surface area (Å²) in [5.74, 6) is 0.325. The number of nitrogens with one attached hydrogen (secondary N) is 1. The Morgan fingerprint density at radius 3 is 2.57 bits per heavy atom. The Kier molecular flexibility index (Phi) is 6.92. The number of fused-ring (bicyclic) bond motifs is 4. The van der Waals surface area contributed by atoms with Gasteiger partial charge in [0.05, 0.1) is 39.4 Å². The van der Waals surface area contributed by atoms with Gasteiger partial charge in [-0.2, -0.15) is 0 Å². The minimum Gasteiger partial charge on any atom is -0.493 e. The van der Waals surface area contributed by atoms with Gasteiger partial charge < -0.3 is 24.4 Å². The van der Waals surface area contributed by atoms with Gasteiger partial charge in [-0.15, -0.1) is 0 Å². The molecule has 35 heavy (non-hydrogen) atoms. The van der Waals surface area contributed by atoms with Gasteiger partial charge in [0.2, 0.25) is 5.91 Å². The Bertz CT molecular complexity index is 1100. The summed E-state index contributed by atoms with van der Waals surface area (Å²) in [6, 6.07) is 11.3. The minimum absolute atomic E-state index is 0.0698. The monoisotopic (exact) mass is 479 g/mol. The number of benzene rings is 2. The van der Waals surface area contributed by atoms with E-state index in [0.29, 0.717) is 35.7 Å². The predicted molar refractivity (Wildman–Crippen MR) is 131 cm³/mol. The number of amides is 2. The van der Waals surface area contributed by atoms with Gasteiger partial charge in [-0.1, -0.05) is 24.3 Å². The lowest BCUT2D eigenvalue weighted by atomic mass is 9.75. The summed E-state index contributed by atoms with van der Waals surface area (Å²) in [4.78, 5) is 31.6. The average Bonchev–Trinajstić information content (AvgIpc) is 2.91. The van der Waals surface area contributed by atoms with Gasteiger partial charge >= 0.3 is 0 Å². The van der Waals surface area contributed by atoms with Gasteiger partial charge in [0.25, 0.3) is 5.91 Å². The highest BCUT2D eigenvalue weighted by molar-refractivity contribution is 6.02. The van der Waals surface area contributed by atoms with Gasteiger partial charge in [0.15, 0.2) is 11.5 Å². The number of carbonyl (C=O) groups is 2. The molecule has 1 fully saturated rings. The fourth-order valence-electron chi connectivity index (χ4n) is 5.58. The van der Waals surface area contributed by atoms with Crippen LogP contribution in [-0.2, 0) is 16.0 Å². The van der Waals surface area contributed by atoms with Gasteiger partial charge in [-0.25, -0.2) is 0 Å². The molecule has 186 valence electrons. The summed E-state index contributed by atoms with van der Waals surface area (Å²) in [6.07, 6.45) is 1.63. The molecule has 5 rings (SSSR count). The lowest BCUT2D eigenvalue weighted by molar-refractivity contribution is -0.124. The summed E-state index contributed by atoms with van der Waals surface area (Å²) in [6.45, 7) is 5.48. The first-order valence-corrected chi connectivity index (χ1v) is 12.3. The number of nitrogens with zero attached hydrogens (tertiary/aromatic N) is 2. The fourth-order valence-corrected chi connectivity index (χ4v) is 5.58. The number of methoxy groups -OCH3 is 2. The van der Waals surface area contributed by atoms with Crippen LogP contribution in [0.4, 0.5) is 0 Å². The van der Waals surface area contributed by atoms with Crippen LogP contribution in [0.5, 0.6) is 11.5 Å². The molecule has 2 aromatic carbocycles. The van der Waals surface area contributed by atoms with Crippen molar-refractivity contribution in [3.05, 3.63) is 58.7 Å². The largest absolute Gasteiger partial charge is 0.493 e. The van der Waals surface area contributed by atoms with Crippen LogP contribution in [0.1, 0.15) is 45.4 Å². The first kappa shape index (κ1) is 23.6. The highest BCUT2D eigenvalue weighted by atomic mass is 16.5. The molecule has 3 aliphatic heterocycles. The van der Waals surface area contributed by atoms with Gasteiger partial charge in [0.1, 0.15) is 0 Å². The number of hydrogen-bond acceptors (Lipinski definition) is 6. The summed E-state index contributed by atoms with van der Waals surface area (Å²) >= 11 is 0. The maximum atomic E-state index is 13.8. The molecular weight excluding hydrogens is 446 g/mol. The van der Waals surface area contributed by atoms with Crippen LogP contribution in [0.2, 0.25) is 0 Å². The second kappa shape index (κ2) is 10.3. The molecule has 2 amide bonds. The van der Waals surface area contributed by atoms with E-state index in [9.17, 15) is 9.59 Å². The molecule has 8 heteroatoms. The van der Waals surface area contributed by atoms with Crippen molar-refractivity contribution in [1.82, 2.24) is 15.1 Å². The topological polar surface area (TPSA) is 80.3 Å². The molecule has 0 aliphatic carbocycles. The number of morpholine rings is 1. The van der Waals surface area contributed by atoms with Crippen LogP contribution in [0.15, 0.2) is 36.4 Å². The van der Waals surface area contributed by atoms with E-state index >= 15 is 0 Å². The molecule has 1 N–H and O–H groups in total. The van der Waals surface area contributed by atoms with Crippen molar-refractivity contribution in [3.8, 4) is 11.5 Å². The molecule has 0 saturated carbocycles. The van der Waals surface area contributed by atoms with Crippen molar-refractivity contribution in [3.63, 3.8) is 0 Å². The van der Waals surface area contributed by atoms with Crippen molar-refractivity contribution in [2.45, 2.75) is 24.8 Å². The van der Waals surface area contributed by atoms with E-state index in [1.54, 1.807) is 26.4 Å². The molecule has 0 aromatic heterocycles. The van der Waals surface area contributed by atoms with Crippen molar-refractivity contribution >= 4 is 11.8 Å². The highest BCUT2D eigenvalue weighted by Crippen LogP contribution is 2.48. The summed E-state index contributed by atoms with van der Waals surface area (Å²) in [7, 11) is 3.12. The molecule has 0 bridgehead atoms. The van der Waals surface area contributed by atoms with E-state index < -0.39 is 5.92 Å². The molecule has 3 heterocycles. The quantitative estimate of drug-likeness (QED) is 0.615. The van der Waals surface area contributed by atoms with Crippen molar-refractivity contribution in [2.75, 3.05) is 60.2 Å². The SMILES string of the molecule is COc1cc2c(cc1OC)[C@H](C(=O)NCCCN1CCOCC1)[C@H]1c3ccccc3CCN1C2=O. The third kappa shape index (κ3) is 4.48. The Hall–Kier alpha value is -3.10. The van der Waals surface area contributed by atoms with Crippen LogP contribution >= 0.6 is 0 Å². The lowest BCUT2D eigenvalue weighted by Crippen LogP contribution is -2.50. The Morgan fingerprint density at radius 2 is 1.80 bits per heavy atom. The minimum atomic E-state index is -0.535. The van der Waals surface area contributed by atoms with E-state index in [4.69, 9.17) is 14.2 Å². The Balaban J connectivity index is 1.46. The predicted octanol–water partition coefficient (Wildman–Crippen LogP) is 2.38. The molecule has 2 atom stereocenters. The smallest absolute Gasteiger partial charge is 0.254 e. The third-order valence-corrected chi connectivity index (χ3v) is 7.37. The second-order valence-electron chi connectivity index (χ2n) is 9.26. The second-order valence-corrected chi connectivity index (χ2v) is 9.26. The van der Waals surface area contributed by atoms with Crippen LogP contribution in [0, 0.1) is 0 Å². The van der Waals surface area contributed by atoms with E-state index in [1.165, 1.54) is 5.56 Å². The summed E-state index contributed by atoms with van der Waals surface area (Å²) in [5.41, 5.74) is 3.43. The standard InChI is InChI=1S/C27H33N3O5/c1-33-22-16-20-21(17-23(22)34-2)27(32)30-11-8-18-6-3-4-7-19(18)25(30)24(20)26(31)28-9-5-10-29-12-14-35-15-13-29/h3-4,6-7,16-17,24-25H,5,8-15H2,1-2H3,(H,28,31)/t24-,25+/m0/s1. The highest BCUT2D eigenvalue weighted by Gasteiger charge is 2.46. The van der Waals surface area contributed by atoms with Crippen LogP contribution in [-0.4, -0.2) is 81.8 Å². The molecule has 0 unspecified atom stereocenters. The number of rotatable bonds is 7. The molecule has 2 aromatic rings. The first-order chi connectivity index (χ1) is 17.1. The zero-order valence-corrected chi connectivity index (χ0v) is 20.4. The van der Waals surface area contributed by atoms with Crippen molar-refractivity contribution in [2.24, 2.45) is 0 Å². The summed E-state index contributed by atoms with van der Waals surface area (Å²) < 4.78 is 16.4. The molecule has 8 nitrogen and oxygen atoms in total. The van der Waals surface area contributed by atoms with E-state index in [1.807, 2.05) is 23.1 Å². The first-order valence-electron chi connectivity index (χ1n) is 12.3. The zero-order valence-electron chi connectivity index (χ0n) is 20.4. The normalized spacial score (nSPS) is 21.5. The summed E-state index contributed by atoms with van der Waals surface area (Å²) in [5, 5.41) is 3.17. The molecular formula is C27H33N3O5. The van der Waals surface area contributed by atoms with E-state index in [0.717, 1.165) is 51.3 Å². The lowest BCUT2D eigenvalue weighted by Gasteiger charge is -2.45. The number of ether oxygens (including phenoxy) is 3. The fraction of sp³-hybridized carbons (Fsp3) is 0.481. The van der Waals surface area contributed by atoms with Crippen LogP contribution in [0.3, 0.4) is 0 Å². The number of carbonyl (C=O) groups excluding carboxylic acids is 2. The van der Waals surface area contributed by atoms with Gasteiger partial charge in [-0.05, 0) is 48.2 Å². The van der Waals surface area contributed by atoms with Crippen LogP contribution < -0.4 is 14.8 Å². The van der Waals surface area contributed by atoms with Crippen molar-refractivity contribution in [1.29, 1.82) is 0 Å². The molecule has 0 radical (unpaired) electrons. The third-order valence-electron chi connectivity index (χ3n) is 7.37. The molecule has 1 saturated heterocycles. The maximum Gasteiger partial charge on any atom is 0.254 e. The van der Waals surface area contributed by atoms with E-state index in [-0.39, 0.29) is 17.9 Å². The van der Waals surface area contributed by atoms with Gasteiger partial charge in [-0.3, -0.25) is 14.5 Å². The molecule has 3 aliphatic rings. The molecule has 0 spiro atoms. The van der Waals surface area contributed by atoms with E-state index in [2.05, 4.69) is 16.3 Å². The van der Waals surface area contributed by atoms with Crippen LogP contribution in [0.25, 0.3) is 0 Å². The average molecular weight is 480 g/mol. The van der Waals surface area contributed by atoms with Gasteiger partial charge in [0, 0.05) is 31.7 Å². The number of hydrogen-bond donors (Lipinski definition) is 1. The Morgan fingerprint density at radius 1 is 1.06 bits per heavy atom. The Labute approximate surface area is 206 Å². The van der Waals surface area contributed by atoms with Crippen molar-refractivity contribution < 1.29 is 23.8 Å².